The Morgan fingerprint density at radius 2 is 1.95 bits per heavy atom. The molecule has 2 aromatic rings. The van der Waals surface area contributed by atoms with Crippen molar-refractivity contribution in [2.24, 2.45) is 0 Å². The maximum absolute atomic E-state index is 5.52. The third-order valence-corrected chi connectivity index (χ3v) is 4.06. The van der Waals surface area contributed by atoms with Gasteiger partial charge in [-0.1, -0.05) is 12.1 Å². The lowest BCUT2D eigenvalue weighted by Crippen LogP contribution is -2.04. The topological polar surface area (TPSA) is 21.3 Å². The van der Waals surface area contributed by atoms with Crippen molar-refractivity contribution in [2.75, 3.05) is 18.5 Å². The highest BCUT2D eigenvalue weighted by atomic mass is 127. The number of rotatable bonds is 4. The minimum Gasteiger partial charge on any atom is -0.493 e. The van der Waals surface area contributed by atoms with Crippen LogP contribution in [0.5, 0.6) is 5.75 Å². The highest BCUT2D eigenvalue weighted by molar-refractivity contribution is 14.1. The lowest BCUT2D eigenvalue weighted by molar-refractivity contribution is 0.357. The van der Waals surface area contributed by atoms with Crippen LogP contribution in [0.1, 0.15) is 11.1 Å². The molecule has 1 aliphatic rings. The molecule has 0 unspecified atom stereocenters. The molecular weight excluding hydrogens is 349 g/mol. The summed E-state index contributed by atoms with van der Waals surface area (Å²) >= 11 is 2.32. The summed E-state index contributed by atoms with van der Waals surface area (Å²) in [5.41, 5.74) is 3.92. The molecule has 0 radical (unpaired) electrons. The number of anilines is 1. The van der Waals surface area contributed by atoms with E-state index in [9.17, 15) is 0 Å². The maximum atomic E-state index is 5.52. The van der Waals surface area contributed by atoms with Crippen LogP contribution in [0.15, 0.2) is 42.5 Å². The average Bonchev–Trinajstić information content (AvgIpc) is 2.88. The summed E-state index contributed by atoms with van der Waals surface area (Å²) in [5, 5.41) is 3.45. The summed E-state index contributed by atoms with van der Waals surface area (Å²) < 4.78 is 6.79. The van der Waals surface area contributed by atoms with Gasteiger partial charge in [0.25, 0.3) is 0 Å². The maximum Gasteiger partial charge on any atom is 0.122 e. The van der Waals surface area contributed by atoms with Crippen molar-refractivity contribution < 1.29 is 4.74 Å². The Hall–Kier alpha value is -1.23. The van der Waals surface area contributed by atoms with Crippen LogP contribution in [-0.2, 0) is 12.8 Å². The Morgan fingerprint density at radius 3 is 2.79 bits per heavy atom. The fourth-order valence-electron chi connectivity index (χ4n) is 2.31. The van der Waals surface area contributed by atoms with Gasteiger partial charge in [0.05, 0.1) is 6.61 Å². The number of nitrogens with one attached hydrogen (secondary N) is 1. The first-order valence-electron chi connectivity index (χ1n) is 6.55. The molecule has 3 heteroatoms. The summed E-state index contributed by atoms with van der Waals surface area (Å²) in [6.45, 7) is 1.79. The predicted molar refractivity (Wildman–Crippen MR) is 87.0 cm³/mol. The fourth-order valence-corrected chi connectivity index (χ4v) is 2.67. The van der Waals surface area contributed by atoms with Crippen LogP contribution in [0.2, 0.25) is 0 Å². The van der Waals surface area contributed by atoms with Crippen LogP contribution >= 0.6 is 22.6 Å². The SMILES string of the molecule is Ic1ccc(NCCc2ccc3c(c2)CCO3)cc1. The monoisotopic (exact) mass is 365 g/mol. The van der Waals surface area contributed by atoms with E-state index in [1.165, 1.54) is 20.4 Å². The molecule has 0 atom stereocenters. The van der Waals surface area contributed by atoms with Gasteiger partial charge in [0.1, 0.15) is 5.75 Å². The molecule has 0 aromatic heterocycles. The Kier molecular flexibility index (Phi) is 3.92. The lowest BCUT2D eigenvalue weighted by atomic mass is 10.1. The van der Waals surface area contributed by atoms with Crippen LogP contribution in [0.4, 0.5) is 5.69 Å². The summed E-state index contributed by atoms with van der Waals surface area (Å²) in [5.74, 6) is 1.06. The number of hydrogen-bond acceptors (Lipinski definition) is 2. The molecule has 2 nitrogen and oxygen atoms in total. The molecule has 1 aliphatic heterocycles. The quantitative estimate of drug-likeness (QED) is 0.831. The van der Waals surface area contributed by atoms with E-state index in [0.29, 0.717) is 0 Å². The minimum atomic E-state index is 0.833. The zero-order valence-corrected chi connectivity index (χ0v) is 12.8. The van der Waals surface area contributed by atoms with Gasteiger partial charge in [-0.2, -0.15) is 0 Å². The van der Waals surface area contributed by atoms with Gasteiger partial charge in [0, 0.05) is 22.2 Å². The average molecular weight is 365 g/mol. The van der Waals surface area contributed by atoms with Crippen molar-refractivity contribution in [1.82, 2.24) is 0 Å². The second-order valence-corrected chi connectivity index (χ2v) is 5.97. The van der Waals surface area contributed by atoms with E-state index >= 15 is 0 Å². The van der Waals surface area contributed by atoms with Crippen LogP contribution < -0.4 is 10.1 Å². The van der Waals surface area contributed by atoms with Crippen molar-refractivity contribution in [3.63, 3.8) is 0 Å². The zero-order valence-electron chi connectivity index (χ0n) is 10.7. The van der Waals surface area contributed by atoms with Crippen LogP contribution in [0, 0.1) is 3.57 Å². The van der Waals surface area contributed by atoms with Gasteiger partial charge in [-0.05, 0) is 70.5 Å². The molecule has 3 rings (SSSR count). The zero-order chi connectivity index (χ0) is 13.1. The molecule has 1 heterocycles. The van der Waals surface area contributed by atoms with Crippen LogP contribution in [-0.4, -0.2) is 13.2 Å². The summed E-state index contributed by atoms with van der Waals surface area (Å²) in [6, 6.07) is 15.0. The molecule has 0 bridgehead atoms. The molecule has 2 aromatic carbocycles. The molecular formula is C16H16INO. The van der Waals surface area contributed by atoms with Crippen LogP contribution in [0.3, 0.4) is 0 Å². The van der Waals surface area contributed by atoms with E-state index in [-0.39, 0.29) is 0 Å². The number of benzene rings is 2. The van der Waals surface area contributed by atoms with E-state index < -0.39 is 0 Å². The van der Waals surface area contributed by atoms with Crippen molar-refractivity contribution in [1.29, 1.82) is 0 Å². The smallest absolute Gasteiger partial charge is 0.122 e. The molecule has 0 amide bonds. The Morgan fingerprint density at radius 1 is 1.11 bits per heavy atom. The third-order valence-electron chi connectivity index (χ3n) is 3.34. The molecule has 0 saturated heterocycles. The van der Waals surface area contributed by atoms with E-state index in [1.807, 2.05) is 0 Å². The Balaban J connectivity index is 1.56. The second-order valence-electron chi connectivity index (χ2n) is 4.72. The summed E-state index contributed by atoms with van der Waals surface area (Å²) in [4.78, 5) is 0. The highest BCUT2D eigenvalue weighted by Crippen LogP contribution is 2.26. The van der Waals surface area contributed by atoms with Gasteiger partial charge in [0.2, 0.25) is 0 Å². The molecule has 0 saturated carbocycles. The molecule has 98 valence electrons. The van der Waals surface area contributed by atoms with Crippen molar-refractivity contribution >= 4 is 28.3 Å². The normalized spacial score (nSPS) is 12.9. The third kappa shape index (κ3) is 3.21. The van der Waals surface area contributed by atoms with Gasteiger partial charge < -0.3 is 10.1 Å². The first-order valence-corrected chi connectivity index (χ1v) is 7.63. The molecule has 1 N–H and O–H groups in total. The standard InChI is InChI=1S/C16H16INO/c17-14-2-4-15(5-3-14)18-9-7-12-1-6-16-13(11-12)8-10-19-16/h1-6,11,18H,7-10H2. The Bertz CT molecular complexity index is 565. The Labute approximate surface area is 127 Å². The molecule has 0 spiro atoms. The van der Waals surface area contributed by atoms with Crippen molar-refractivity contribution in [3.8, 4) is 5.75 Å². The number of ether oxygens (including phenoxy) is 1. The lowest BCUT2D eigenvalue weighted by Gasteiger charge is -2.07. The van der Waals surface area contributed by atoms with Crippen LogP contribution in [0.25, 0.3) is 0 Å². The summed E-state index contributed by atoms with van der Waals surface area (Å²) in [7, 11) is 0. The van der Waals surface area contributed by atoms with Gasteiger partial charge in [-0.25, -0.2) is 0 Å². The molecule has 0 fully saturated rings. The molecule has 19 heavy (non-hydrogen) atoms. The highest BCUT2D eigenvalue weighted by Gasteiger charge is 2.11. The number of fused-ring (bicyclic) bond motifs is 1. The minimum absolute atomic E-state index is 0.833. The second kappa shape index (κ2) is 5.82. The summed E-state index contributed by atoms with van der Waals surface area (Å²) in [6.07, 6.45) is 2.09. The fraction of sp³-hybridized carbons (Fsp3) is 0.250. The van der Waals surface area contributed by atoms with E-state index in [4.69, 9.17) is 4.74 Å². The van der Waals surface area contributed by atoms with Crippen molar-refractivity contribution in [3.05, 3.63) is 57.2 Å². The first-order chi connectivity index (χ1) is 9.31. The predicted octanol–water partition coefficient (Wildman–Crippen LogP) is 3.88. The van der Waals surface area contributed by atoms with E-state index in [2.05, 4.69) is 70.4 Å². The van der Waals surface area contributed by atoms with E-state index in [1.54, 1.807) is 0 Å². The molecule has 0 aliphatic carbocycles. The van der Waals surface area contributed by atoms with Crippen molar-refractivity contribution in [2.45, 2.75) is 12.8 Å². The van der Waals surface area contributed by atoms with Gasteiger partial charge in [-0.3, -0.25) is 0 Å². The van der Waals surface area contributed by atoms with Gasteiger partial charge >= 0.3 is 0 Å². The largest absolute Gasteiger partial charge is 0.493 e. The number of halogens is 1. The van der Waals surface area contributed by atoms with Gasteiger partial charge in [-0.15, -0.1) is 0 Å². The number of hydrogen-bond donors (Lipinski definition) is 1. The van der Waals surface area contributed by atoms with Gasteiger partial charge in [0.15, 0.2) is 0 Å². The van der Waals surface area contributed by atoms with E-state index in [0.717, 1.165) is 31.7 Å². The first kappa shape index (κ1) is 12.8.